The van der Waals surface area contributed by atoms with Crippen LogP contribution in [0, 0.1) is 0 Å². The highest BCUT2D eigenvalue weighted by Gasteiger charge is 2.21. The predicted molar refractivity (Wildman–Crippen MR) is 59.7 cm³/mol. The third-order valence-electron chi connectivity index (χ3n) is 2.32. The number of likely N-dealkylation sites (tertiary alicyclic amines) is 1. The Morgan fingerprint density at radius 3 is 2.33 bits per heavy atom. The molecule has 0 aromatic carbocycles. The topological polar surface area (TPSA) is 32.8 Å². The summed E-state index contributed by atoms with van der Waals surface area (Å²) >= 11 is 0. The van der Waals surface area contributed by atoms with Gasteiger partial charge in [-0.15, -0.1) is 0 Å². The lowest BCUT2D eigenvalue weighted by molar-refractivity contribution is 0.0210. The van der Waals surface area contributed by atoms with E-state index in [0.29, 0.717) is 6.67 Å². The molecule has 0 aliphatic carbocycles. The maximum absolute atomic E-state index is 11.6. The van der Waals surface area contributed by atoms with Crippen LogP contribution in [0.5, 0.6) is 0 Å². The van der Waals surface area contributed by atoms with Gasteiger partial charge in [-0.1, -0.05) is 0 Å². The first-order chi connectivity index (χ1) is 6.88. The van der Waals surface area contributed by atoms with Gasteiger partial charge in [0.05, 0.1) is 6.67 Å². The lowest BCUT2D eigenvalue weighted by atomic mass is 10.2. The summed E-state index contributed by atoms with van der Waals surface area (Å²) in [6.45, 7) is 8.51. The quantitative estimate of drug-likeness (QED) is 0.704. The Kier molecular flexibility index (Phi) is 3.97. The minimum absolute atomic E-state index is 0.241. The van der Waals surface area contributed by atoms with Crippen molar-refractivity contribution in [3.63, 3.8) is 0 Å². The van der Waals surface area contributed by atoms with E-state index in [1.807, 2.05) is 20.8 Å². The van der Waals surface area contributed by atoms with Crippen LogP contribution in [0.15, 0.2) is 0 Å². The van der Waals surface area contributed by atoms with E-state index in [1.54, 1.807) is 11.9 Å². The molecule has 4 heteroatoms. The van der Waals surface area contributed by atoms with E-state index in [1.165, 1.54) is 12.8 Å². The van der Waals surface area contributed by atoms with E-state index in [4.69, 9.17) is 4.74 Å². The molecule has 15 heavy (non-hydrogen) atoms. The second-order valence-corrected chi connectivity index (χ2v) is 5.14. The highest BCUT2D eigenvalue weighted by atomic mass is 16.6. The smallest absolute Gasteiger partial charge is 0.411 e. The zero-order valence-corrected chi connectivity index (χ0v) is 10.2. The highest BCUT2D eigenvalue weighted by molar-refractivity contribution is 5.67. The van der Waals surface area contributed by atoms with Crippen molar-refractivity contribution in [1.82, 2.24) is 9.80 Å². The van der Waals surface area contributed by atoms with Crippen molar-refractivity contribution >= 4 is 6.09 Å². The number of hydrogen-bond donors (Lipinski definition) is 0. The molecule has 4 nitrogen and oxygen atoms in total. The van der Waals surface area contributed by atoms with Gasteiger partial charge in [-0.05, 0) is 46.7 Å². The number of hydrogen-bond acceptors (Lipinski definition) is 3. The van der Waals surface area contributed by atoms with Crippen LogP contribution < -0.4 is 0 Å². The molecule has 0 radical (unpaired) electrons. The molecule has 0 spiro atoms. The van der Waals surface area contributed by atoms with Gasteiger partial charge in [-0.3, -0.25) is 9.80 Å². The van der Waals surface area contributed by atoms with Crippen LogP contribution >= 0.6 is 0 Å². The second-order valence-electron chi connectivity index (χ2n) is 5.14. The van der Waals surface area contributed by atoms with Crippen LogP contribution in [0.1, 0.15) is 33.6 Å². The first kappa shape index (κ1) is 12.3. The molecular formula is C11H22N2O2. The summed E-state index contributed by atoms with van der Waals surface area (Å²) in [6, 6.07) is 0. The molecule has 0 N–H and O–H groups in total. The van der Waals surface area contributed by atoms with Gasteiger partial charge in [-0.2, -0.15) is 0 Å². The molecule has 1 fully saturated rings. The Morgan fingerprint density at radius 2 is 1.87 bits per heavy atom. The van der Waals surface area contributed by atoms with Crippen LogP contribution in [0.3, 0.4) is 0 Å². The monoisotopic (exact) mass is 214 g/mol. The highest BCUT2D eigenvalue weighted by Crippen LogP contribution is 2.11. The van der Waals surface area contributed by atoms with Crippen molar-refractivity contribution < 1.29 is 9.53 Å². The SMILES string of the molecule is CN(CN1CCCC1)C(=O)OC(C)(C)C. The summed E-state index contributed by atoms with van der Waals surface area (Å²) < 4.78 is 5.27. The van der Waals surface area contributed by atoms with Gasteiger partial charge in [0.1, 0.15) is 5.60 Å². The minimum atomic E-state index is -0.406. The lowest BCUT2D eigenvalue weighted by Crippen LogP contribution is -2.40. The van der Waals surface area contributed by atoms with Crippen LogP contribution in [0.2, 0.25) is 0 Å². The number of carbonyl (C=O) groups excluding carboxylic acids is 1. The van der Waals surface area contributed by atoms with Crippen molar-refractivity contribution in [2.45, 2.75) is 39.2 Å². The molecule has 0 aromatic rings. The fourth-order valence-corrected chi connectivity index (χ4v) is 1.62. The first-order valence-electron chi connectivity index (χ1n) is 5.55. The molecular weight excluding hydrogens is 192 g/mol. The maximum Gasteiger partial charge on any atom is 0.411 e. The van der Waals surface area contributed by atoms with Crippen molar-refractivity contribution in [3.05, 3.63) is 0 Å². The number of amides is 1. The van der Waals surface area contributed by atoms with Crippen molar-refractivity contribution in [3.8, 4) is 0 Å². The van der Waals surface area contributed by atoms with Gasteiger partial charge in [-0.25, -0.2) is 4.79 Å². The van der Waals surface area contributed by atoms with Gasteiger partial charge in [0.2, 0.25) is 0 Å². The van der Waals surface area contributed by atoms with Crippen LogP contribution in [0.25, 0.3) is 0 Å². The lowest BCUT2D eigenvalue weighted by Gasteiger charge is -2.27. The molecule has 1 saturated heterocycles. The summed E-state index contributed by atoms with van der Waals surface area (Å²) in [7, 11) is 1.78. The van der Waals surface area contributed by atoms with Gasteiger partial charge >= 0.3 is 6.09 Å². The molecule has 1 rings (SSSR count). The van der Waals surface area contributed by atoms with E-state index in [2.05, 4.69) is 4.90 Å². The van der Waals surface area contributed by atoms with Gasteiger partial charge < -0.3 is 4.74 Å². The van der Waals surface area contributed by atoms with Gasteiger partial charge in [0.15, 0.2) is 0 Å². The summed E-state index contributed by atoms with van der Waals surface area (Å²) in [4.78, 5) is 15.5. The summed E-state index contributed by atoms with van der Waals surface area (Å²) in [6.07, 6.45) is 2.24. The molecule has 0 aromatic heterocycles. The number of nitrogens with zero attached hydrogens (tertiary/aromatic N) is 2. The minimum Gasteiger partial charge on any atom is -0.444 e. The number of rotatable bonds is 2. The molecule has 1 amide bonds. The van der Waals surface area contributed by atoms with Crippen LogP contribution in [0.4, 0.5) is 4.79 Å². The van der Waals surface area contributed by atoms with Crippen molar-refractivity contribution in [1.29, 1.82) is 0 Å². The maximum atomic E-state index is 11.6. The van der Waals surface area contributed by atoms with Gasteiger partial charge in [0.25, 0.3) is 0 Å². The molecule has 0 atom stereocenters. The zero-order valence-electron chi connectivity index (χ0n) is 10.2. The van der Waals surface area contributed by atoms with Crippen molar-refractivity contribution in [2.75, 3.05) is 26.8 Å². The van der Waals surface area contributed by atoms with Crippen LogP contribution in [-0.2, 0) is 4.74 Å². The van der Waals surface area contributed by atoms with Crippen LogP contribution in [-0.4, -0.2) is 48.3 Å². The first-order valence-corrected chi connectivity index (χ1v) is 5.55. The average Bonchev–Trinajstić information content (AvgIpc) is 2.53. The predicted octanol–water partition coefficient (Wildman–Crippen LogP) is 1.91. The standard InChI is InChI=1S/C11H22N2O2/c1-11(2,3)15-10(14)12(4)9-13-7-5-6-8-13/h5-9H2,1-4H3. The third-order valence-corrected chi connectivity index (χ3v) is 2.32. The number of ether oxygens (including phenoxy) is 1. The molecule has 0 saturated carbocycles. The van der Waals surface area contributed by atoms with E-state index in [9.17, 15) is 4.79 Å². The van der Waals surface area contributed by atoms with E-state index >= 15 is 0 Å². The molecule has 0 unspecified atom stereocenters. The third kappa shape index (κ3) is 4.51. The summed E-state index contributed by atoms with van der Waals surface area (Å²) in [5.41, 5.74) is -0.406. The molecule has 1 heterocycles. The van der Waals surface area contributed by atoms with E-state index in [-0.39, 0.29) is 6.09 Å². The average molecular weight is 214 g/mol. The molecule has 0 bridgehead atoms. The zero-order chi connectivity index (χ0) is 11.5. The van der Waals surface area contributed by atoms with Gasteiger partial charge in [0, 0.05) is 7.05 Å². The second kappa shape index (κ2) is 4.84. The van der Waals surface area contributed by atoms with E-state index in [0.717, 1.165) is 13.1 Å². The fourth-order valence-electron chi connectivity index (χ4n) is 1.62. The molecule has 1 aliphatic rings. The Morgan fingerprint density at radius 1 is 1.33 bits per heavy atom. The largest absolute Gasteiger partial charge is 0.444 e. The molecule has 88 valence electrons. The normalized spacial score (nSPS) is 17.9. The Balaban J connectivity index is 2.32. The molecule has 1 aliphatic heterocycles. The van der Waals surface area contributed by atoms with Crippen molar-refractivity contribution in [2.24, 2.45) is 0 Å². The van der Waals surface area contributed by atoms with E-state index < -0.39 is 5.60 Å². The Bertz CT molecular complexity index is 217. The summed E-state index contributed by atoms with van der Waals surface area (Å²) in [5.74, 6) is 0. The number of carbonyl (C=O) groups is 1. The summed E-state index contributed by atoms with van der Waals surface area (Å²) in [5, 5.41) is 0. The fraction of sp³-hybridized carbons (Fsp3) is 0.909. The Labute approximate surface area is 92.2 Å². The Hall–Kier alpha value is -0.770.